The van der Waals surface area contributed by atoms with Gasteiger partial charge in [-0.25, -0.2) is 18.2 Å². The van der Waals surface area contributed by atoms with Crippen LogP contribution in [0.5, 0.6) is 0 Å². The number of benzene rings is 2. The van der Waals surface area contributed by atoms with Crippen molar-refractivity contribution in [2.24, 2.45) is 11.3 Å². The number of sulfonamides is 1. The van der Waals surface area contributed by atoms with Crippen LogP contribution in [0, 0.1) is 11.3 Å². The standard InChI is InChI=1S/C29H40N4O6S3/c1-18(2)16-33(42(38,39)20-12-13-21-24(15-20)41-28(31-21)40-6)17-23(34)22(14-19-10-8-7-9-11-19)30-26(35)25(29(3,4)5)32-27(36)37/h7-13,15,18,22-23,25,32,34H,14,16-17H2,1-6H3,(H,30,35)(H,36,37)/t22-,23+,25+/m0/s1. The zero-order valence-electron chi connectivity index (χ0n) is 24.7. The maximum absolute atomic E-state index is 13.9. The van der Waals surface area contributed by atoms with Gasteiger partial charge in [-0.15, -0.1) is 11.3 Å². The molecule has 3 aromatic rings. The highest BCUT2D eigenvalue weighted by Gasteiger charge is 2.36. The Kier molecular flexibility index (Phi) is 11.4. The molecule has 230 valence electrons. The Labute approximate surface area is 256 Å². The molecular weight excluding hydrogens is 597 g/mol. The Balaban J connectivity index is 1.94. The van der Waals surface area contributed by atoms with E-state index >= 15 is 0 Å². The van der Waals surface area contributed by atoms with E-state index < -0.39 is 45.6 Å². The first kappa shape index (κ1) is 33.8. The van der Waals surface area contributed by atoms with Crippen LogP contribution in [0.3, 0.4) is 0 Å². The number of nitrogens with one attached hydrogen (secondary N) is 2. The molecule has 2 amide bonds. The van der Waals surface area contributed by atoms with Gasteiger partial charge < -0.3 is 20.8 Å². The number of thioether (sulfide) groups is 1. The third kappa shape index (κ3) is 8.90. The van der Waals surface area contributed by atoms with Crippen LogP contribution in [0.15, 0.2) is 57.8 Å². The molecule has 0 fully saturated rings. The molecule has 0 aliphatic heterocycles. The Hall–Kier alpha value is -2.71. The lowest BCUT2D eigenvalue weighted by Crippen LogP contribution is -2.58. The van der Waals surface area contributed by atoms with Crippen LogP contribution >= 0.6 is 23.1 Å². The fraction of sp³-hybridized carbons (Fsp3) is 0.483. The summed E-state index contributed by atoms with van der Waals surface area (Å²) in [5.41, 5.74) is 0.773. The van der Waals surface area contributed by atoms with Gasteiger partial charge >= 0.3 is 6.09 Å². The highest BCUT2D eigenvalue weighted by atomic mass is 32.2. The van der Waals surface area contributed by atoms with Gasteiger partial charge in [-0.3, -0.25) is 4.79 Å². The quantitative estimate of drug-likeness (QED) is 0.201. The summed E-state index contributed by atoms with van der Waals surface area (Å²) in [6.07, 6.45) is -0.532. The lowest BCUT2D eigenvalue weighted by molar-refractivity contribution is -0.127. The van der Waals surface area contributed by atoms with Crippen molar-refractivity contribution in [3.05, 3.63) is 54.1 Å². The number of amides is 2. The van der Waals surface area contributed by atoms with E-state index in [1.165, 1.54) is 33.5 Å². The summed E-state index contributed by atoms with van der Waals surface area (Å²) in [5.74, 6) is -0.655. The first-order valence-corrected chi connectivity index (χ1v) is 17.1. The van der Waals surface area contributed by atoms with Crippen molar-refractivity contribution in [1.29, 1.82) is 0 Å². The molecule has 1 heterocycles. The number of hydrogen-bond donors (Lipinski definition) is 4. The van der Waals surface area contributed by atoms with Crippen LogP contribution in [-0.4, -0.2) is 77.5 Å². The molecule has 10 nitrogen and oxygen atoms in total. The van der Waals surface area contributed by atoms with Gasteiger partial charge in [0.15, 0.2) is 4.34 Å². The molecule has 0 radical (unpaired) electrons. The van der Waals surface area contributed by atoms with Crippen molar-refractivity contribution in [2.75, 3.05) is 19.3 Å². The summed E-state index contributed by atoms with van der Waals surface area (Å²) in [7, 11) is -4.03. The molecule has 0 saturated carbocycles. The second-order valence-corrected chi connectivity index (χ2v) is 15.7. The summed E-state index contributed by atoms with van der Waals surface area (Å²) in [6, 6.07) is 12.0. The van der Waals surface area contributed by atoms with Crippen molar-refractivity contribution in [3.8, 4) is 0 Å². The summed E-state index contributed by atoms with van der Waals surface area (Å²) in [4.78, 5) is 29.4. The van der Waals surface area contributed by atoms with E-state index in [9.17, 15) is 28.2 Å². The lowest BCUT2D eigenvalue weighted by atomic mass is 9.85. The number of carbonyl (C=O) groups excluding carboxylic acids is 1. The molecule has 3 atom stereocenters. The van der Waals surface area contributed by atoms with E-state index in [1.807, 2.05) is 50.4 Å². The summed E-state index contributed by atoms with van der Waals surface area (Å²) in [5, 5.41) is 25.9. The molecule has 1 aromatic heterocycles. The van der Waals surface area contributed by atoms with Gasteiger partial charge in [0, 0.05) is 13.1 Å². The van der Waals surface area contributed by atoms with Crippen molar-refractivity contribution in [1.82, 2.24) is 19.9 Å². The van der Waals surface area contributed by atoms with Crippen LogP contribution in [0.2, 0.25) is 0 Å². The highest BCUT2D eigenvalue weighted by Crippen LogP contribution is 2.31. The molecule has 13 heteroatoms. The zero-order valence-corrected chi connectivity index (χ0v) is 27.1. The SMILES string of the molecule is CSc1nc2ccc(S(=O)(=O)N(CC(C)C)C[C@@H](O)[C@H](Cc3ccccc3)NC(=O)[C@@H](NC(=O)O)C(C)(C)C)cc2s1. The normalized spacial score (nSPS) is 14.6. The molecule has 0 unspecified atom stereocenters. The number of hydrogen-bond acceptors (Lipinski definition) is 8. The van der Waals surface area contributed by atoms with Crippen LogP contribution in [0.1, 0.15) is 40.2 Å². The molecule has 0 aliphatic rings. The largest absolute Gasteiger partial charge is 0.465 e. The number of thiazole rings is 1. The monoisotopic (exact) mass is 636 g/mol. The molecule has 2 aromatic carbocycles. The molecule has 0 aliphatic carbocycles. The number of carbonyl (C=O) groups is 2. The molecule has 42 heavy (non-hydrogen) atoms. The van der Waals surface area contributed by atoms with E-state index in [-0.39, 0.29) is 30.3 Å². The average Bonchev–Trinajstić information content (AvgIpc) is 3.33. The third-order valence-corrected chi connectivity index (χ3v) is 10.4. The van der Waals surface area contributed by atoms with E-state index in [2.05, 4.69) is 15.6 Å². The number of aliphatic hydroxyl groups is 1. The Bertz CT molecular complexity index is 1470. The first-order chi connectivity index (χ1) is 19.6. The second-order valence-electron chi connectivity index (χ2n) is 11.6. The number of aromatic nitrogens is 1. The topological polar surface area (TPSA) is 149 Å². The van der Waals surface area contributed by atoms with E-state index in [0.717, 1.165) is 14.6 Å². The van der Waals surface area contributed by atoms with Crippen molar-refractivity contribution < 1.29 is 28.2 Å². The molecular formula is C29H40N4O6S3. The third-order valence-electron chi connectivity index (χ3n) is 6.60. The zero-order chi connectivity index (χ0) is 31.2. The summed E-state index contributed by atoms with van der Waals surface area (Å²) < 4.78 is 30.7. The molecule has 0 spiro atoms. The van der Waals surface area contributed by atoms with Gasteiger partial charge in [0.2, 0.25) is 15.9 Å². The van der Waals surface area contributed by atoms with Gasteiger partial charge in [-0.2, -0.15) is 4.31 Å². The predicted molar refractivity (Wildman–Crippen MR) is 167 cm³/mol. The Morgan fingerprint density at radius 3 is 2.31 bits per heavy atom. The van der Waals surface area contributed by atoms with E-state index in [0.29, 0.717) is 5.52 Å². The van der Waals surface area contributed by atoms with Crippen molar-refractivity contribution in [2.45, 2.75) is 68.5 Å². The Morgan fingerprint density at radius 2 is 1.74 bits per heavy atom. The maximum Gasteiger partial charge on any atom is 0.405 e. The fourth-order valence-electron chi connectivity index (χ4n) is 4.51. The minimum atomic E-state index is -4.03. The van der Waals surface area contributed by atoms with Crippen LogP contribution in [0.25, 0.3) is 10.2 Å². The van der Waals surface area contributed by atoms with Gasteiger partial charge in [-0.05, 0) is 47.8 Å². The summed E-state index contributed by atoms with van der Waals surface area (Å²) >= 11 is 2.90. The number of aliphatic hydroxyl groups excluding tert-OH is 1. The van der Waals surface area contributed by atoms with Crippen LogP contribution in [-0.2, 0) is 21.2 Å². The number of carboxylic acid groups (broad SMARTS) is 1. The minimum Gasteiger partial charge on any atom is -0.465 e. The fourth-order valence-corrected chi connectivity index (χ4v) is 7.76. The van der Waals surface area contributed by atoms with Gasteiger partial charge in [0.1, 0.15) is 6.04 Å². The first-order valence-electron chi connectivity index (χ1n) is 13.6. The molecule has 4 N–H and O–H groups in total. The van der Waals surface area contributed by atoms with Gasteiger partial charge in [0.25, 0.3) is 0 Å². The lowest BCUT2D eigenvalue weighted by Gasteiger charge is -2.34. The highest BCUT2D eigenvalue weighted by molar-refractivity contribution is 8.00. The number of rotatable bonds is 13. The van der Waals surface area contributed by atoms with E-state index in [4.69, 9.17) is 0 Å². The van der Waals surface area contributed by atoms with Crippen molar-refractivity contribution in [3.63, 3.8) is 0 Å². The molecule has 0 saturated heterocycles. The average molecular weight is 637 g/mol. The van der Waals surface area contributed by atoms with Crippen molar-refractivity contribution >= 4 is 55.3 Å². The summed E-state index contributed by atoms with van der Waals surface area (Å²) in [6.45, 7) is 8.84. The minimum absolute atomic E-state index is 0.0468. The van der Waals surface area contributed by atoms with Gasteiger partial charge in [0.05, 0.1) is 27.3 Å². The second kappa shape index (κ2) is 14.2. The van der Waals surface area contributed by atoms with Gasteiger partial charge in [-0.1, -0.05) is 76.7 Å². The van der Waals surface area contributed by atoms with E-state index in [1.54, 1.807) is 32.9 Å². The number of fused-ring (bicyclic) bond motifs is 1. The molecule has 3 rings (SSSR count). The molecule has 0 bridgehead atoms. The van der Waals surface area contributed by atoms with Crippen LogP contribution in [0.4, 0.5) is 4.79 Å². The maximum atomic E-state index is 13.9. The Morgan fingerprint density at radius 1 is 1.07 bits per heavy atom. The van der Waals surface area contributed by atoms with Crippen LogP contribution < -0.4 is 10.6 Å². The smallest absolute Gasteiger partial charge is 0.405 e. The predicted octanol–water partition coefficient (Wildman–Crippen LogP) is 4.44. The number of nitrogens with zero attached hydrogens (tertiary/aromatic N) is 2.